The Morgan fingerprint density at radius 3 is 2.50 bits per heavy atom. The van der Waals surface area contributed by atoms with Gasteiger partial charge in [0.25, 0.3) is 0 Å². The van der Waals surface area contributed by atoms with E-state index in [2.05, 4.69) is 37.0 Å². The fourth-order valence-corrected chi connectivity index (χ4v) is 2.16. The number of benzene rings is 1. The van der Waals surface area contributed by atoms with Gasteiger partial charge in [0.05, 0.1) is 19.2 Å². The SMILES string of the molecule is COc1c(-c2noc(CN)n2)cc(C)cc1C(C)(C)C. The molecule has 0 saturated heterocycles. The third-order valence-electron chi connectivity index (χ3n) is 3.13. The van der Waals surface area contributed by atoms with Crippen molar-refractivity contribution >= 4 is 0 Å². The van der Waals surface area contributed by atoms with Crippen LogP contribution in [0.4, 0.5) is 0 Å². The molecule has 2 N–H and O–H groups in total. The van der Waals surface area contributed by atoms with Gasteiger partial charge in [0.2, 0.25) is 11.7 Å². The quantitative estimate of drug-likeness (QED) is 0.932. The number of hydrogen-bond donors (Lipinski definition) is 1. The highest BCUT2D eigenvalue weighted by molar-refractivity contribution is 5.68. The standard InChI is InChI=1S/C15H21N3O2/c1-9-6-10(14-17-12(8-16)20-18-14)13(19-5)11(7-9)15(2,3)4/h6-7H,8,16H2,1-5H3. The summed E-state index contributed by atoms with van der Waals surface area (Å²) in [5.41, 5.74) is 8.56. The number of hydrogen-bond acceptors (Lipinski definition) is 5. The number of ether oxygens (including phenoxy) is 1. The Bertz CT molecular complexity index is 612. The Morgan fingerprint density at radius 1 is 1.30 bits per heavy atom. The summed E-state index contributed by atoms with van der Waals surface area (Å²) in [5, 5.41) is 3.98. The smallest absolute Gasteiger partial charge is 0.240 e. The van der Waals surface area contributed by atoms with Crippen LogP contribution < -0.4 is 10.5 Å². The normalized spacial score (nSPS) is 11.7. The molecule has 5 nitrogen and oxygen atoms in total. The molecule has 0 aliphatic rings. The van der Waals surface area contributed by atoms with Crippen LogP contribution in [0.15, 0.2) is 16.7 Å². The molecule has 0 unspecified atom stereocenters. The van der Waals surface area contributed by atoms with Crippen LogP contribution in [0.2, 0.25) is 0 Å². The molecule has 2 aromatic rings. The molecule has 1 aromatic heterocycles. The monoisotopic (exact) mass is 275 g/mol. The van der Waals surface area contributed by atoms with E-state index in [0.717, 1.165) is 22.4 Å². The molecule has 0 spiro atoms. The summed E-state index contributed by atoms with van der Waals surface area (Å²) in [6, 6.07) is 4.13. The van der Waals surface area contributed by atoms with Crippen LogP contribution in [-0.4, -0.2) is 17.3 Å². The number of nitrogens with zero attached hydrogens (tertiary/aromatic N) is 2. The van der Waals surface area contributed by atoms with Crippen LogP contribution in [0.1, 0.15) is 37.8 Å². The molecule has 0 radical (unpaired) electrons. The van der Waals surface area contributed by atoms with Crippen molar-refractivity contribution < 1.29 is 9.26 Å². The Labute approximate surface area is 119 Å². The molecule has 108 valence electrons. The van der Waals surface area contributed by atoms with Gasteiger partial charge in [-0.25, -0.2) is 0 Å². The Kier molecular flexibility index (Phi) is 3.81. The van der Waals surface area contributed by atoms with Gasteiger partial charge in [0.1, 0.15) is 5.75 Å². The van der Waals surface area contributed by atoms with Gasteiger partial charge >= 0.3 is 0 Å². The maximum atomic E-state index is 5.60. The third-order valence-corrected chi connectivity index (χ3v) is 3.13. The van der Waals surface area contributed by atoms with Crippen molar-refractivity contribution in [2.24, 2.45) is 5.73 Å². The van der Waals surface area contributed by atoms with Crippen LogP contribution in [0.5, 0.6) is 5.75 Å². The Balaban J connectivity index is 2.66. The van der Waals surface area contributed by atoms with Gasteiger partial charge in [-0.1, -0.05) is 32.0 Å². The fourth-order valence-electron chi connectivity index (χ4n) is 2.16. The minimum atomic E-state index is -0.0352. The second-order valence-electron chi connectivity index (χ2n) is 5.86. The van der Waals surface area contributed by atoms with E-state index >= 15 is 0 Å². The Morgan fingerprint density at radius 2 is 2.00 bits per heavy atom. The van der Waals surface area contributed by atoms with E-state index in [0.29, 0.717) is 11.7 Å². The van der Waals surface area contributed by atoms with E-state index in [1.807, 2.05) is 13.0 Å². The molecule has 2 rings (SSSR count). The number of aromatic nitrogens is 2. The van der Waals surface area contributed by atoms with Crippen molar-refractivity contribution in [2.75, 3.05) is 7.11 Å². The predicted molar refractivity (Wildman–Crippen MR) is 77.6 cm³/mol. The molecule has 20 heavy (non-hydrogen) atoms. The van der Waals surface area contributed by atoms with Gasteiger partial charge < -0.3 is 15.0 Å². The number of aryl methyl sites for hydroxylation is 1. The molecule has 1 aromatic carbocycles. The highest BCUT2D eigenvalue weighted by atomic mass is 16.5. The van der Waals surface area contributed by atoms with E-state index in [1.54, 1.807) is 7.11 Å². The summed E-state index contributed by atoms with van der Waals surface area (Å²) in [4.78, 5) is 4.29. The minimum absolute atomic E-state index is 0.0352. The molecule has 0 aliphatic carbocycles. The first-order valence-electron chi connectivity index (χ1n) is 6.59. The van der Waals surface area contributed by atoms with Crippen molar-refractivity contribution in [1.82, 2.24) is 10.1 Å². The third kappa shape index (κ3) is 2.67. The van der Waals surface area contributed by atoms with Crippen LogP contribution in [-0.2, 0) is 12.0 Å². The highest BCUT2D eigenvalue weighted by Gasteiger charge is 2.24. The number of rotatable bonds is 3. The lowest BCUT2D eigenvalue weighted by atomic mass is 9.84. The van der Waals surface area contributed by atoms with E-state index in [9.17, 15) is 0 Å². The topological polar surface area (TPSA) is 74.2 Å². The summed E-state index contributed by atoms with van der Waals surface area (Å²) in [6.07, 6.45) is 0. The molecule has 0 bridgehead atoms. The lowest BCUT2D eigenvalue weighted by Crippen LogP contribution is -2.14. The van der Waals surface area contributed by atoms with Crippen molar-refractivity contribution in [2.45, 2.75) is 39.7 Å². The molecule has 0 fully saturated rings. The zero-order valence-electron chi connectivity index (χ0n) is 12.7. The summed E-state index contributed by atoms with van der Waals surface area (Å²) in [6.45, 7) is 8.72. The first-order valence-corrected chi connectivity index (χ1v) is 6.59. The van der Waals surface area contributed by atoms with Gasteiger partial charge in [-0.2, -0.15) is 4.98 Å². The molecule has 0 amide bonds. The van der Waals surface area contributed by atoms with E-state index < -0.39 is 0 Å². The number of nitrogens with two attached hydrogens (primary N) is 1. The van der Waals surface area contributed by atoms with Crippen molar-refractivity contribution in [3.8, 4) is 17.1 Å². The van der Waals surface area contributed by atoms with Gasteiger partial charge in [-0.05, 0) is 24.0 Å². The van der Waals surface area contributed by atoms with Crippen molar-refractivity contribution in [3.05, 3.63) is 29.2 Å². The molecular weight excluding hydrogens is 254 g/mol. The van der Waals surface area contributed by atoms with Crippen molar-refractivity contribution in [1.29, 1.82) is 0 Å². The maximum Gasteiger partial charge on any atom is 0.240 e. The molecule has 1 heterocycles. The van der Waals surface area contributed by atoms with Crippen LogP contribution in [0.25, 0.3) is 11.4 Å². The van der Waals surface area contributed by atoms with Gasteiger partial charge in [0.15, 0.2) is 0 Å². The summed E-state index contributed by atoms with van der Waals surface area (Å²) in [5.74, 6) is 1.71. The minimum Gasteiger partial charge on any atom is -0.496 e. The maximum absolute atomic E-state index is 5.60. The summed E-state index contributed by atoms with van der Waals surface area (Å²) < 4.78 is 10.7. The first-order chi connectivity index (χ1) is 9.36. The lowest BCUT2D eigenvalue weighted by molar-refractivity contribution is 0.379. The zero-order valence-corrected chi connectivity index (χ0v) is 12.7. The Hall–Kier alpha value is -1.88. The molecule has 0 atom stereocenters. The zero-order chi connectivity index (χ0) is 14.9. The van der Waals surface area contributed by atoms with Crippen LogP contribution in [0, 0.1) is 6.92 Å². The summed E-state index contributed by atoms with van der Waals surface area (Å²) in [7, 11) is 1.66. The van der Waals surface area contributed by atoms with E-state index in [4.69, 9.17) is 15.0 Å². The average molecular weight is 275 g/mol. The predicted octanol–water partition coefficient (Wildman–Crippen LogP) is 2.81. The van der Waals surface area contributed by atoms with Gasteiger partial charge in [-0.3, -0.25) is 0 Å². The first kappa shape index (κ1) is 14.5. The molecular formula is C15H21N3O2. The molecule has 0 saturated carbocycles. The second-order valence-corrected chi connectivity index (χ2v) is 5.86. The molecule has 0 aliphatic heterocycles. The fraction of sp³-hybridized carbons (Fsp3) is 0.467. The van der Waals surface area contributed by atoms with Crippen molar-refractivity contribution in [3.63, 3.8) is 0 Å². The largest absolute Gasteiger partial charge is 0.496 e. The van der Waals surface area contributed by atoms with Gasteiger partial charge in [-0.15, -0.1) is 0 Å². The molecule has 5 heteroatoms. The average Bonchev–Trinajstić information content (AvgIpc) is 2.85. The number of methoxy groups -OCH3 is 1. The van der Waals surface area contributed by atoms with Crippen LogP contribution in [0.3, 0.4) is 0 Å². The van der Waals surface area contributed by atoms with Gasteiger partial charge in [0, 0.05) is 5.56 Å². The second kappa shape index (κ2) is 5.25. The van der Waals surface area contributed by atoms with Crippen LogP contribution >= 0.6 is 0 Å². The highest BCUT2D eigenvalue weighted by Crippen LogP contribution is 2.39. The van der Waals surface area contributed by atoms with E-state index in [-0.39, 0.29) is 12.0 Å². The summed E-state index contributed by atoms with van der Waals surface area (Å²) >= 11 is 0. The van der Waals surface area contributed by atoms with E-state index in [1.165, 1.54) is 0 Å². The lowest BCUT2D eigenvalue weighted by Gasteiger charge is -2.24.